The summed E-state index contributed by atoms with van der Waals surface area (Å²) < 4.78 is 5.25. The Morgan fingerprint density at radius 3 is 1.27 bits per heavy atom. The van der Waals surface area contributed by atoms with Gasteiger partial charge in [0.1, 0.15) is 0 Å². The van der Waals surface area contributed by atoms with Crippen molar-refractivity contribution in [2.75, 3.05) is 0 Å². The van der Waals surface area contributed by atoms with Gasteiger partial charge in [0.15, 0.2) is 5.82 Å². The van der Waals surface area contributed by atoms with E-state index in [1.807, 2.05) is 40.9 Å². The first kappa shape index (κ1) is 32.7. The summed E-state index contributed by atoms with van der Waals surface area (Å²) in [6.07, 6.45) is 0. The number of hydrogen-bond acceptors (Lipinski definition) is 4. The second kappa shape index (κ2) is 13.5. The molecule has 0 aliphatic carbocycles. The van der Waals surface area contributed by atoms with Crippen LogP contribution in [-0.4, -0.2) is 9.97 Å². The molecule has 3 aromatic heterocycles. The highest BCUT2D eigenvalue weighted by Crippen LogP contribution is 2.40. The van der Waals surface area contributed by atoms with Crippen LogP contribution in [0.4, 0.5) is 0 Å². The lowest BCUT2D eigenvalue weighted by molar-refractivity contribution is 1.18. The standard InChI is InChI=1S/C52H32N2S2/c1-3-11-33(12-4-1)39-27-40(38-24-26-51-45(31-38)43-16-8-10-18-49(43)56-51)29-41(28-39)47-32-46(53-52(54-47)36-13-5-2-6-14-36)35-21-19-34(20-22-35)37-23-25-50-44(30-37)42-15-7-9-17-48(42)55-50/h1-32H. The molecule has 0 N–H and O–H groups in total. The fourth-order valence-electron chi connectivity index (χ4n) is 7.84. The minimum Gasteiger partial charge on any atom is -0.228 e. The molecule has 0 amide bonds. The second-order valence-electron chi connectivity index (χ2n) is 14.2. The van der Waals surface area contributed by atoms with Crippen molar-refractivity contribution in [1.29, 1.82) is 0 Å². The van der Waals surface area contributed by atoms with E-state index in [-0.39, 0.29) is 0 Å². The lowest BCUT2D eigenvalue weighted by Crippen LogP contribution is -1.96. The van der Waals surface area contributed by atoms with Gasteiger partial charge in [0, 0.05) is 57.0 Å². The molecule has 0 aliphatic rings. The van der Waals surface area contributed by atoms with Crippen LogP contribution in [0.25, 0.3) is 108 Å². The monoisotopic (exact) mass is 748 g/mol. The van der Waals surface area contributed by atoms with E-state index in [4.69, 9.17) is 9.97 Å². The largest absolute Gasteiger partial charge is 0.228 e. The predicted molar refractivity (Wildman–Crippen MR) is 240 cm³/mol. The summed E-state index contributed by atoms with van der Waals surface area (Å²) in [5.74, 6) is 0.704. The van der Waals surface area contributed by atoms with Crippen LogP contribution in [0.3, 0.4) is 0 Å². The van der Waals surface area contributed by atoms with Crippen LogP contribution in [0.5, 0.6) is 0 Å². The molecule has 0 unspecified atom stereocenters. The molecule has 0 aliphatic heterocycles. The maximum absolute atomic E-state index is 5.26. The van der Waals surface area contributed by atoms with Crippen LogP contribution in [0.1, 0.15) is 0 Å². The molecule has 2 nitrogen and oxygen atoms in total. The maximum Gasteiger partial charge on any atom is 0.160 e. The molecule has 0 spiro atoms. The van der Waals surface area contributed by atoms with Crippen LogP contribution >= 0.6 is 22.7 Å². The second-order valence-corrected chi connectivity index (χ2v) is 16.4. The Hall–Kier alpha value is -6.72. The molecule has 0 saturated heterocycles. The molecule has 262 valence electrons. The smallest absolute Gasteiger partial charge is 0.160 e. The number of hydrogen-bond donors (Lipinski definition) is 0. The van der Waals surface area contributed by atoms with Crippen molar-refractivity contribution in [3.63, 3.8) is 0 Å². The molecular weight excluding hydrogens is 717 g/mol. The van der Waals surface area contributed by atoms with Gasteiger partial charge >= 0.3 is 0 Å². The van der Waals surface area contributed by atoms with Gasteiger partial charge < -0.3 is 0 Å². The normalized spacial score (nSPS) is 11.6. The van der Waals surface area contributed by atoms with Gasteiger partial charge in [0.25, 0.3) is 0 Å². The van der Waals surface area contributed by atoms with Crippen molar-refractivity contribution in [2.45, 2.75) is 0 Å². The number of fused-ring (bicyclic) bond motifs is 6. The van der Waals surface area contributed by atoms with Crippen LogP contribution in [0, 0.1) is 0 Å². The molecule has 0 atom stereocenters. The van der Waals surface area contributed by atoms with Gasteiger partial charge in [-0.15, -0.1) is 22.7 Å². The van der Waals surface area contributed by atoms with Crippen LogP contribution in [-0.2, 0) is 0 Å². The van der Waals surface area contributed by atoms with Crippen molar-refractivity contribution < 1.29 is 0 Å². The minimum absolute atomic E-state index is 0.704. The van der Waals surface area contributed by atoms with Gasteiger partial charge in [0.2, 0.25) is 0 Å². The summed E-state index contributed by atoms with van der Waals surface area (Å²) in [5, 5.41) is 5.21. The van der Waals surface area contributed by atoms with E-state index in [2.05, 4.69) is 176 Å². The van der Waals surface area contributed by atoms with Gasteiger partial charge in [0.05, 0.1) is 11.4 Å². The van der Waals surface area contributed by atoms with E-state index in [1.165, 1.54) is 62.6 Å². The fourth-order valence-corrected chi connectivity index (χ4v) is 10.0. The molecule has 4 heteroatoms. The van der Waals surface area contributed by atoms with Crippen LogP contribution in [0.15, 0.2) is 194 Å². The highest BCUT2D eigenvalue weighted by atomic mass is 32.1. The first-order valence-electron chi connectivity index (χ1n) is 18.8. The molecule has 11 rings (SSSR count). The Morgan fingerprint density at radius 1 is 0.250 bits per heavy atom. The Kier molecular flexibility index (Phi) is 7.90. The molecule has 8 aromatic carbocycles. The third-order valence-electron chi connectivity index (χ3n) is 10.7. The van der Waals surface area contributed by atoms with Crippen molar-refractivity contribution in [3.05, 3.63) is 194 Å². The SMILES string of the molecule is c1ccc(-c2cc(-c3ccc4sc5ccccc5c4c3)cc(-c3cc(-c4ccc(-c5ccc6sc7ccccc7c6c5)cc4)nc(-c4ccccc4)n3)c2)cc1. The molecule has 0 bridgehead atoms. The first-order valence-corrected chi connectivity index (χ1v) is 20.4. The zero-order chi connectivity index (χ0) is 37.0. The Balaban J connectivity index is 1.05. The van der Waals surface area contributed by atoms with Crippen LogP contribution < -0.4 is 0 Å². The minimum atomic E-state index is 0.704. The third kappa shape index (κ3) is 5.88. The quantitative estimate of drug-likeness (QED) is 0.169. The van der Waals surface area contributed by atoms with E-state index in [9.17, 15) is 0 Å². The lowest BCUT2D eigenvalue weighted by atomic mass is 9.94. The average molecular weight is 749 g/mol. The summed E-state index contributed by atoms with van der Waals surface area (Å²) >= 11 is 3.70. The number of benzene rings is 8. The van der Waals surface area contributed by atoms with E-state index < -0.39 is 0 Å². The highest BCUT2D eigenvalue weighted by Gasteiger charge is 2.15. The van der Waals surface area contributed by atoms with Crippen molar-refractivity contribution >= 4 is 63.0 Å². The van der Waals surface area contributed by atoms with Gasteiger partial charge in [-0.05, 0) is 94.0 Å². The summed E-state index contributed by atoms with van der Waals surface area (Å²) in [7, 11) is 0. The first-order chi connectivity index (χ1) is 27.7. The molecule has 0 saturated carbocycles. The molecule has 11 aromatic rings. The summed E-state index contributed by atoms with van der Waals surface area (Å²) in [6, 6.07) is 69.8. The Labute approximate surface area is 332 Å². The van der Waals surface area contributed by atoms with E-state index in [0.29, 0.717) is 5.82 Å². The number of thiophene rings is 2. The summed E-state index contributed by atoms with van der Waals surface area (Å²) in [6.45, 7) is 0. The topological polar surface area (TPSA) is 25.8 Å². The lowest BCUT2D eigenvalue weighted by Gasteiger charge is -2.13. The third-order valence-corrected chi connectivity index (χ3v) is 13.0. The molecule has 56 heavy (non-hydrogen) atoms. The maximum atomic E-state index is 5.26. The van der Waals surface area contributed by atoms with E-state index in [0.717, 1.165) is 39.2 Å². The zero-order valence-electron chi connectivity index (χ0n) is 30.2. The average Bonchev–Trinajstić information content (AvgIpc) is 3.84. The van der Waals surface area contributed by atoms with Crippen molar-refractivity contribution in [1.82, 2.24) is 9.97 Å². The van der Waals surface area contributed by atoms with Gasteiger partial charge in [-0.1, -0.05) is 133 Å². The highest BCUT2D eigenvalue weighted by molar-refractivity contribution is 7.26. The van der Waals surface area contributed by atoms with E-state index >= 15 is 0 Å². The predicted octanol–water partition coefficient (Wildman–Crippen LogP) is 15.2. The van der Waals surface area contributed by atoms with Gasteiger partial charge in [-0.25, -0.2) is 9.97 Å². The van der Waals surface area contributed by atoms with Crippen molar-refractivity contribution in [3.8, 4) is 67.3 Å². The molecule has 0 radical (unpaired) electrons. The van der Waals surface area contributed by atoms with Crippen molar-refractivity contribution in [2.24, 2.45) is 0 Å². The molecule has 0 fully saturated rings. The summed E-state index contributed by atoms with van der Waals surface area (Å²) in [5.41, 5.74) is 11.9. The number of aromatic nitrogens is 2. The van der Waals surface area contributed by atoms with E-state index in [1.54, 1.807) is 0 Å². The van der Waals surface area contributed by atoms with Gasteiger partial charge in [-0.3, -0.25) is 0 Å². The molecular formula is C52H32N2S2. The van der Waals surface area contributed by atoms with Gasteiger partial charge in [-0.2, -0.15) is 0 Å². The summed E-state index contributed by atoms with van der Waals surface area (Å²) in [4.78, 5) is 10.4. The van der Waals surface area contributed by atoms with Crippen LogP contribution in [0.2, 0.25) is 0 Å². The Bertz CT molecular complexity index is 3230. The molecule has 3 heterocycles. The zero-order valence-corrected chi connectivity index (χ0v) is 31.8. The fraction of sp³-hybridized carbons (Fsp3) is 0. The number of rotatable bonds is 6. The Morgan fingerprint density at radius 2 is 0.661 bits per heavy atom. The number of nitrogens with zero attached hydrogens (tertiary/aromatic N) is 2.